The molecule has 3 N–H and O–H groups in total. The highest BCUT2D eigenvalue weighted by molar-refractivity contribution is 5.90. The van der Waals surface area contributed by atoms with Crippen molar-refractivity contribution >= 4 is 17.7 Å². The number of hydrogen-bond donors (Lipinski definition) is 2. The van der Waals surface area contributed by atoms with E-state index in [2.05, 4.69) is 12.2 Å². The lowest BCUT2D eigenvalue weighted by atomic mass is 10.0. The Morgan fingerprint density at radius 2 is 1.38 bits per heavy atom. The summed E-state index contributed by atoms with van der Waals surface area (Å²) in [6.45, 7) is 2.72. The second kappa shape index (κ2) is 16.2. The molecule has 0 unspecified atom stereocenters. The summed E-state index contributed by atoms with van der Waals surface area (Å²) in [5.74, 6) is -0.772. The molecule has 29 heavy (non-hydrogen) atoms. The van der Waals surface area contributed by atoms with Crippen molar-refractivity contribution in [3.63, 3.8) is 0 Å². The van der Waals surface area contributed by atoms with Gasteiger partial charge in [-0.15, -0.1) is 0 Å². The van der Waals surface area contributed by atoms with Crippen LogP contribution in [0.3, 0.4) is 0 Å². The highest BCUT2D eigenvalue weighted by Gasteiger charge is 2.33. The van der Waals surface area contributed by atoms with Crippen LogP contribution in [0, 0.1) is 0 Å². The molecule has 0 radical (unpaired) electrons. The number of rotatable bonds is 17. The lowest BCUT2D eigenvalue weighted by Gasteiger charge is -2.23. The van der Waals surface area contributed by atoms with Crippen molar-refractivity contribution in [2.75, 3.05) is 13.1 Å². The molecule has 6 nitrogen and oxygen atoms in total. The normalized spacial score (nSPS) is 16.2. The Labute approximate surface area is 177 Å². The first-order valence-electron chi connectivity index (χ1n) is 11.9. The van der Waals surface area contributed by atoms with Crippen LogP contribution in [0.1, 0.15) is 110 Å². The van der Waals surface area contributed by atoms with Crippen LogP contribution < -0.4 is 11.1 Å². The lowest BCUT2D eigenvalue weighted by molar-refractivity contribution is -0.138. The van der Waals surface area contributed by atoms with E-state index in [9.17, 15) is 14.4 Å². The molecule has 0 bridgehead atoms. The number of nitrogens with one attached hydrogen (secondary N) is 1. The van der Waals surface area contributed by atoms with E-state index in [1.807, 2.05) is 0 Å². The first-order chi connectivity index (χ1) is 14.1. The lowest BCUT2D eigenvalue weighted by Crippen LogP contribution is -2.47. The molecule has 1 saturated heterocycles. The molecule has 3 amide bonds. The van der Waals surface area contributed by atoms with Gasteiger partial charge >= 0.3 is 0 Å². The fourth-order valence-electron chi connectivity index (χ4n) is 4.07. The highest BCUT2D eigenvalue weighted by Crippen LogP contribution is 2.20. The number of carbonyl (C=O) groups excluding carboxylic acids is 3. The molecular weight excluding hydrogens is 366 g/mol. The first kappa shape index (κ1) is 25.4. The highest BCUT2D eigenvalue weighted by atomic mass is 16.2. The number of unbranched alkanes of at least 4 members (excludes halogenated alkanes) is 12. The van der Waals surface area contributed by atoms with Crippen LogP contribution in [-0.2, 0) is 14.4 Å². The molecule has 0 aliphatic carbocycles. The van der Waals surface area contributed by atoms with Crippen LogP contribution in [0.25, 0.3) is 0 Å². The molecule has 1 heterocycles. The number of primary amides is 1. The van der Waals surface area contributed by atoms with Gasteiger partial charge in [-0.3, -0.25) is 14.4 Å². The molecule has 0 aromatic rings. The Hall–Kier alpha value is -1.59. The predicted octanol–water partition coefficient (Wildman–Crippen LogP) is 4.06. The van der Waals surface area contributed by atoms with E-state index in [4.69, 9.17) is 5.73 Å². The fraction of sp³-hybridized carbons (Fsp3) is 0.870. The molecule has 0 saturated carbocycles. The minimum Gasteiger partial charge on any atom is -0.368 e. The Balaban J connectivity index is 2.02. The van der Waals surface area contributed by atoms with Gasteiger partial charge < -0.3 is 16.0 Å². The van der Waals surface area contributed by atoms with Crippen LogP contribution in [0.2, 0.25) is 0 Å². The third-order valence-corrected chi connectivity index (χ3v) is 5.81. The van der Waals surface area contributed by atoms with Gasteiger partial charge in [-0.25, -0.2) is 0 Å². The second-order valence-corrected chi connectivity index (χ2v) is 8.42. The quantitative estimate of drug-likeness (QED) is 0.355. The van der Waals surface area contributed by atoms with Gasteiger partial charge in [0.2, 0.25) is 17.7 Å². The molecule has 168 valence electrons. The van der Waals surface area contributed by atoms with Gasteiger partial charge in [-0.2, -0.15) is 0 Å². The maximum absolute atomic E-state index is 12.5. The summed E-state index contributed by atoms with van der Waals surface area (Å²) >= 11 is 0. The topological polar surface area (TPSA) is 92.5 Å². The summed E-state index contributed by atoms with van der Waals surface area (Å²) in [7, 11) is 0. The maximum Gasteiger partial charge on any atom is 0.243 e. The van der Waals surface area contributed by atoms with E-state index in [-0.39, 0.29) is 18.4 Å². The average molecular weight is 410 g/mol. The number of hydrogen-bond acceptors (Lipinski definition) is 3. The molecule has 1 aliphatic heterocycles. The molecule has 0 spiro atoms. The van der Waals surface area contributed by atoms with Crippen molar-refractivity contribution in [2.45, 2.75) is 116 Å². The number of amides is 3. The number of nitrogens with zero attached hydrogens (tertiary/aromatic N) is 1. The molecule has 1 fully saturated rings. The molecule has 0 aromatic heterocycles. The van der Waals surface area contributed by atoms with Crippen molar-refractivity contribution in [3.8, 4) is 0 Å². The Morgan fingerprint density at radius 1 is 0.862 bits per heavy atom. The number of nitrogens with two attached hydrogens (primary N) is 1. The molecular formula is C23H43N3O3. The van der Waals surface area contributed by atoms with E-state index in [1.165, 1.54) is 70.6 Å². The van der Waals surface area contributed by atoms with Gasteiger partial charge in [0.15, 0.2) is 0 Å². The van der Waals surface area contributed by atoms with Gasteiger partial charge in [0.25, 0.3) is 0 Å². The predicted molar refractivity (Wildman–Crippen MR) is 117 cm³/mol. The van der Waals surface area contributed by atoms with Crippen molar-refractivity contribution in [1.29, 1.82) is 0 Å². The third kappa shape index (κ3) is 11.9. The Bertz CT molecular complexity index is 482. The minimum absolute atomic E-state index is 0.0600. The zero-order valence-electron chi connectivity index (χ0n) is 18.6. The van der Waals surface area contributed by atoms with Gasteiger partial charge in [0.05, 0.1) is 6.54 Å². The summed E-state index contributed by atoms with van der Waals surface area (Å²) in [5, 5.41) is 2.52. The van der Waals surface area contributed by atoms with E-state index < -0.39 is 11.9 Å². The van der Waals surface area contributed by atoms with Crippen LogP contribution in [-0.4, -0.2) is 41.8 Å². The van der Waals surface area contributed by atoms with E-state index in [0.29, 0.717) is 19.4 Å². The van der Waals surface area contributed by atoms with Crippen LogP contribution in [0.15, 0.2) is 0 Å². The van der Waals surface area contributed by atoms with Crippen molar-refractivity contribution < 1.29 is 14.4 Å². The minimum atomic E-state index is -0.568. The molecule has 1 aliphatic rings. The summed E-state index contributed by atoms with van der Waals surface area (Å²) in [6.07, 6.45) is 18.7. The molecule has 1 atom stereocenters. The van der Waals surface area contributed by atoms with Crippen molar-refractivity contribution in [1.82, 2.24) is 10.2 Å². The summed E-state index contributed by atoms with van der Waals surface area (Å²) in [6, 6.07) is -0.441. The van der Waals surface area contributed by atoms with Crippen molar-refractivity contribution in [2.24, 2.45) is 5.73 Å². The molecule has 6 heteroatoms. The SMILES string of the molecule is CCCCCCCCCCCCCCCC(=O)N1CCC[C@H]1C(=O)NCC(N)=O. The monoisotopic (exact) mass is 409 g/mol. The fourth-order valence-corrected chi connectivity index (χ4v) is 4.07. The summed E-state index contributed by atoms with van der Waals surface area (Å²) in [4.78, 5) is 37.1. The molecule has 1 rings (SSSR count). The van der Waals surface area contributed by atoms with Crippen LogP contribution in [0.5, 0.6) is 0 Å². The summed E-state index contributed by atoms with van der Waals surface area (Å²) in [5.41, 5.74) is 5.06. The van der Waals surface area contributed by atoms with Gasteiger partial charge in [0, 0.05) is 13.0 Å². The number of carbonyl (C=O) groups is 3. The zero-order valence-corrected chi connectivity index (χ0v) is 18.6. The van der Waals surface area contributed by atoms with Crippen LogP contribution in [0.4, 0.5) is 0 Å². The standard InChI is InChI=1S/C23H43N3O3/c1-2-3-4-5-6-7-8-9-10-11-12-13-14-17-22(28)26-18-15-16-20(26)23(29)25-19-21(24)27/h20H,2-19H2,1H3,(H2,24,27)(H,25,29)/t20-/m0/s1. The Kier molecular flexibility index (Phi) is 14.2. The smallest absolute Gasteiger partial charge is 0.243 e. The third-order valence-electron chi connectivity index (χ3n) is 5.81. The van der Waals surface area contributed by atoms with Crippen LogP contribution >= 0.6 is 0 Å². The Morgan fingerprint density at radius 3 is 1.90 bits per heavy atom. The van der Waals surface area contributed by atoms with Gasteiger partial charge in [-0.1, -0.05) is 84.0 Å². The second-order valence-electron chi connectivity index (χ2n) is 8.42. The number of likely N-dealkylation sites (tertiary alicyclic amines) is 1. The summed E-state index contributed by atoms with van der Waals surface area (Å²) < 4.78 is 0. The maximum atomic E-state index is 12.5. The van der Waals surface area contributed by atoms with E-state index in [0.717, 1.165) is 19.3 Å². The van der Waals surface area contributed by atoms with E-state index in [1.54, 1.807) is 4.90 Å². The van der Waals surface area contributed by atoms with Gasteiger partial charge in [-0.05, 0) is 19.3 Å². The first-order valence-corrected chi connectivity index (χ1v) is 11.9. The average Bonchev–Trinajstić information content (AvgIpc) is 3.19. The van der Waals surface area contributed by atoms with Gasteiger partial charge in [0.1, 0.15) is 6.04 Å². The molecule has 0 aromatic carbocycles. The van der Waals surface area contributed by atoms with E-state index >= 15 is 0 Å². The largest absolute Gasteiger partial charge is 0.368 e. The van der Waals surface area contributed by atoms with Crippen molar-refractivity contribution in [3.05, 3.63) is 0 Å². The zero-order chi connectivity index (χ0) is 21.3.